The maximum absolute atomic E-state index is 14.4. The van der Waals surface area contributed by atoms with Crippen molar-refractivity contribution in [1.29, 1.82) is 0 Å². The zero-order chi connectivity index (χ0) is 36.0. The predicted molar refractivity (Wildman–Crippen MR) is 172 cm³/mol. The molecule has 8 N–H and O–H groups in total. The number of aliphatic hydroxyl groups is 1. The van der Waals surface area contributed by atoms with E-state index in [1.54, 1.807) is 48.0 Å². The minimum Gasteiger partial charge on any atom is -0.496 e. The van der Waals surface area contributed by atoms with E-state index in [2.05, 4.69) is 10.4 Å². The van der Waals surface area contributed by atoms with Gasteiger partial charge in [0.05, 0.1) is 31.1 Å². The minimum atomic E-state index is -5.01. The van der Waals surface area contributed by atoms with Gasteiger partial charge in [-0.1, -0.05) is 19.9 Å². The molecule has 11 nitrogen and oxygen atoms in total. The van der Waals surface area contributed by atoms with Gasteiger partial charge in [-0.3, -0.25) is 14.4 Å². The summed E-state index contributed by atoms with van der Waals surface area (Å²) < 4.78 is 64.0. The topological polar surface area (TPSA) is 189 Å². The number of ether oxygens (including phenoxy) is 1. The minimum absolute atomic E-state index is 0.0509. The van der Waals surface area contributed by atoms with Gasteiger partial charge in [-0.25, -0.2) is 9.07 Å². The van der Waals surface area contributed by atoms with Gasteiger partial charge in [0.2, 0.25) is 17.7 Å². The van der Waals surface area contributed by atoms with Gasteiger partial charge < -0.3 is 32.4 Å². The van der Waals surface area contributed by atoms with Crippen molar-refractivity contribution >= 4 is 34.3 Å². The second-order valence-corrected chi connectivity index (χ2v) is 11.9. The lowest BCUT2D eigenvalue weighted by atomic mass is 9.74. The standard InChI is InChI=1S/C29H30F4N4O3.C4H8N2O2/c1-17-10-23(21-14-36-37(24(21)11-17)20-7-5-6-18(12-20)26(34)38)35-16-28(39,29(31,32)33)15-27(2,3)22-13-19(30)8-9-25(22)40-4;5-3(7)1-2-4(6)8/h5-14,35,39H,15-16H2,1-4H3,(H2,34,38);1-2H2,(H2,5,7)(H2,6,8). The Bertz CT molecular complexity index is 1790. The van der Waals surface area contributed by atoms with E-state index in [1.807, 2.05) is 0 Å². The summed E-state index contributed by atoms with van der Waals surface area (Å²) in [6.45, 7) is 3.89. The van der Waals surface area contributed by atoms with Gasteiger partial charge in [-0.15, -0.1) is 0 Å². The number of amides is 3. The quantitative estimate of drug-likeness (QED) is 0.138. The van der Waals surface area contributed by atoms with Gasteiger partial charge in [0.25, 0.3) is 0 Å². The lowest BCUT2D eigenvalue weighted by Gasteiger charge is -2.38. The lowest BCUT2D eigenvalue weighted by Crippen LogP contribution is -2.53. The van der Waals surface area contributed by atoms with Gasteiger partial charge in [0.15, 0.2) is 5.60 Å². The summed E-state index contributed by atoms with van der Waals surface area (Å²) in [6.07, 6.45) is -4.20. The molecule has 0 aliphatic carbocycles. The molecule has 0 saturated carbocycles. The van der Waals surface area contributed by atoms with Gasteiger partial charge in [-0.05, 0) is 72.9 Å². The number of aromatic nitrogens is 2. The first-order valence-corrected chi connectivity index (χ1v) is 14.6. The third kappa shape index (κ3) is 9.00. The molecule has 3 aromatic carbocycles. The molecule has 1 aromatic heterocycles. The molecule has 1 heterocycles. The summed E-state index contributed by atoms with van der Waals surface area (Å²) >= 11 is 0. The van der Waals surface area contributed by atoms with Crippen LogP contribution in [0.25, 0.3) is 16.6 Å². The molecule has 48 heavy (non-hydrogen) atoms. The van der Waals surface area contributed by atoms with E-state index in [1.165, 1.54) is 33.2 Å². The first kappa shape index (κ1) is 37.3. The summed E-state index contributed by atoms with van der Waals surface area (Å²) in [7, 11) is 1.34. The number of fused-ring (bicyclic) bond motifs is 1. The SMILES string of the molecule is COc1ccc(F)cc1C(C)(C)CC(O)(CNc1cc(C)cc2c1cnn2-c1cccc(C(N)=O)c1)C(F)(F)F.NC(=O)CCC(N)=O. The molecular weight excluding hydrogens is 636 g/mol. The average Bonchev–Trinajstić information content (AvgIpc) is 3.42. The molecule has 0 saturated heterocycles. The molecule has 0 radical (unpaired) electrons. The molecule has 4 rings (SSSR count). The van der Waals surface area contributed by atoms with Crippen LogP contribution in [-0.4, -0.2) is 58.0 Å². The first-order valence-electron chi connectivity index (χ1n) is 14.6. The number of rotatable bonds is 12. The second-order valence-electron chi connectivity index (χ2n) is 11.9. The van der Waals surface area contributed by atoms with E-state index < -0.39 is 53.7 Å². The van der Waals surface area contributed by atoms with Crippen LogP contribution < -0.4 is 27.3 Å². The van der Waals surface area contributed by atoms with Crippen LogP contribution in [0.5, 0.6) is 5.75 Å². The Morgan fingerprint density at radius 3 is 2.19 bits per heavy atom. The fourth-order valence-corrected chi connectivity index (χ4v) is 5.20. The number of primary amides is 3. The zero-order valence-electron chi connectivity index (χ0n) is 26.8. The Kier molecular flexibility index (Phi) is 11.4. The second kappa shape index (κ2) is 14.7. The van der Waals surface area contributed by atoms with Gasteiger partial charge in [0.1, 0.15) is 11.6 Å². The molecule has 1 atom stereocenters. The van der Waals surface area contributed by atoms with Gasteiger partial charge in [0, 0.05) is 35.0 Å². The summed E-state index contributed by atoms with van der Waals surface area (Å²) in [5.74, 6) is -2.01. The number of halogens is 4. The number of nitrogens with zero attached hydrogens (tertiary/aromatic N) is 2. The summed E-state index contributed by atoms with van der Waals surface area (Å²) in [5, 5.41) is 18.7. The van der Waals surface area contributed by atoms with Crippen LogP contribution in [0.3, 0.4) is 0 Å². The van der Waals surface area contributed by atoms with Crippen molar-refractivity contribution in [2.45, 2.75) is 57.2 Å². The Labute approximate surface area is 274 Å². The van der Waals surface area contributed by atoms with Crippen LogP contribution in [0.1, 0.15) is 54.6 Å². The molecule has 15 heteroatoms. The molecule has 0 spiro atoms. The maximum atomic E-state index is 14.4. The summed E-state index contributed by atoms with van der Waals surface area (Å²) in [4.78, 5) is 31.5. The van der Waals surface area contributed by atoms with Crippen molar-refractivity contribution in [3.63, 3.8) is 0 Å². The van der Waals surface area contributed by atoms with Crippen molar-refractivity contribution in [2.24, 2.45) is 17.2 Å². The average molecular weight is 675 g/mol. The van der Waals surface area contributed by atoms with Crippen LogP contribution in [0, 0.1) is 12.7 Å². The van der Waals surface area contributed by atoms with Crippen LogP contribution in [-0.2, 0) is 15.0 Å². The van der Waals surface area contributed by atoms with Crippen molar-refractivity contribution in [3.05, 3.63) is 83.3 Å². The molecule has 0 aliphatic heterocycles. The third-order valence-corrected chi connectivity index (χ3v) is 7.55. The highest BCUT2D eigenvalue weighted by Crippen LogP contribution is 2.44. The molecule has 0 aliphatic rings. The molecule has 1 unspecified atom stereocenters. The van der Waals surface area contributed by atoms with Crippen LogP contribution >= 0.6 is 0 Å². The van der Waals surface area contributed by atoms with E-state index in [4.69, 9.17) is 21.9 Å². The normalized spacial score (nSPS) is 12.9. The number of carbonyl (C=O) groups is 3. The Morgan fingerprint density at radius 2 is 1.62 bits per heavy atom. The smallest absolute Gasteiger partial charge is 0.418 e. The van der Waals surface area contributed by atoms with Crippen LogP contribution in [0.2, 0.25) is 0 Å². The molecule has 3 amide bonds. The maximum Gasteiger partial charge on any atom is 0.418 e. The van der Waals surface area contributed by atoms with Crippen molar-refractivity contribution in [2.75, 3.05) is 19.0 Å². The van der Waals surface area contributed by atoms with Crippen molar-refractivity contribution in [1.82, 2.24) is 9.78 Å². The molecule has 0 fully saturated rings. The predicted octanol–water partition coefficient (Wildman–Crippen LogP) is 4.39. The number of methoxy groups -OCH3 is 1. The number of benzene rings is 3. The fourth-order valence-electron chi connectivity index (χ4n) is 5.20. The number of hydrogen-bond donors (Lipinski definition) is 5. The largest absolute Gasteiger partial charge is 0.496 e. The van der Waals surface area contributed by atoms with Crippen LogP contribution in [0.4, 0.5) is 23.2 Å². The summed E-state index contributed by atoms with van der Waals surface area (Å²) in [6, 6.07) is 13.6. The van der Waals surface area contributed by atoms with Crippen LogP contribution in [0.15, 0.2) is 60.8 Å². The van der Waals surface area contributed by atoms with E-state index in [0.717, 1.165) is 17.7 Å². The van der Waals surface area contributed by atoms with Gasteiger partial charge >= 0.3 is 6.18 Å². The first-order chi connectivity index (χ1) is 22.3. The molecule has 258 valence electrons. The number of carbonyl (C=O) groups excluding carboxylic acids is 3. The van der Waals surface area contributed by atoms with Crippen molar-refractivity contribution in [3.8, 4) is 11.4 Å². The number of anilines is 1. The van der Waals surface area contributed by atoms with E-state index in [9.17, 15) is 37.1 Å². The van der Waals surface area contributed by atoms with E-state index in [-0.39, 0.29) is 29.7 Å². The Balaban J connectivity index is 0.000000694. The number of hydrogen-bond acceptors (Lipinski definition) is 7. The molecule has 0 bridgehead atoms. The van der Waals surface area contributed by atoms with Crippen molar-refractivity contribution < 1.29 is 41.8 Å². The Hall–Kier alpha value is -5.18. The molecule has 4 aromatic rings. The van der Waals surface area contributed by atoms with E-state index >= 15 is 0 Å². The Morgan fingerprint density at radius 1 is 0.979 bits per heavy atom. The number of aryl methyl sites for hydroxylation is 1. The summed E-state index contributed by atoms with van der Waals surface area (Å²) in [5.41, 5.74) is 12.9. The molecular formula is C33H38F4N6O5. The lowest BCUT2D eigenvalue weighted by molar-refractivity contribution is -0.260. The highest BCUT2D eigenvalue weighted by atomic mass is 19.4. The number of alkyl halides is 3. The fraction of sp³-hybridized carbons (Fsp3) is 0.333. The monoisotopic (exact) mass is 674 g/mol. The zero-order valence-corrected chi connectivity index (χ0v) is 26.8. The number of nitrogens with two attached hydrogens (primary N) is 3. The number of nitrogens with one attached hydrogen (secondary N) is 1. The highest BCUT2D eigenvalue weighted by molar-refractivity contribution is 5.95. The third-order valence-electron chi connectivity index (χ3n) is 7.55. The van der Waals surface area contributed by atoms with Gasteiger partial charge in [-0.2, -0.15) is 18.3 Å². The van der Waals surface area contributed by atoms with E-state index in [0.29, 0.717) is 22.3 Å². The highest BCUT2D eigenvalue weighted by Gasteiger charge is 2.56.